The van der Waals surface area contributed by atoms with E-state index < -0.39 is 41.5 Å². The van der Waals surface area contributed by atoms with Gasteiger partial charge in [0, 0.05) is 25.2 Å². The van der Waals surface area contributed by atoms with Crippen molar-refractivity contribution in [3.05, 3.63) is 35.4 Å². The molecule has 0 aliphatic heterocycles. The number of carbonyl (C=O) groups is 3. The molecule has 0 aromatic heterocycles. The van der Waals surface area contributed by atoms with Gasteiger partial charge in [0.05, 0.1) is 6.04 Å². The molecule has 0 radical (unpaired) electrons. The number of rotatable bonds is 12. The smallest absolute Gasteiger partial charge is 0.407 e. The van der Waals surface area contributed by atoms with Crippen molar-refractivity contribution in [2.75, 3.05) is 13.1 Å². The Labute approximate surface area is 213 Å². The van der Waals surface area contributed by atoms with Gasteiger partial charge in [0.2, 0.25) is 11.8 Å². The first-order valence-corrected chi connectivity index (χ1v) is 12.3. The maximum atomic E-state index is 13.7. The molecule has 0 aliphatic rings. The minimum Gasteiger partial charge on any atom is -0.444 e. The molecule has 0 heterocycles. The predicted octanol–water partition coefficient (Wildman–Crippen LogP) is 3.29. The third-order valence-corrected chi connectivity index (χ3v) is 5.12. The maximum absolute atomic E-state index is 13.7. The van der Waals surface area contributed by atoms with Crippen LogP contribution in [0.3, 0.4) is 0 Å². The van der Waals surface area contributed by atoms with Crippen LogP contribution in [-0.2, 0) is 20.7 Å². The van der Waals surface area contributed by atoms with Crippen molar-refractivity contribution < 1.29 is 27.9 Å². The zero-order valence-corrected chi connectivity index (χ0v) is 22.6. The number of hydrogen-bond acceptors (Lipinski definition) is 5. The van der Waals surface area contributed by atoms with Crippen molar-refractivity contribution >= 4 is 17.9 Å². The Morgan fingerprint density at radius 1 is 0.889 bits per heavy atom. The lowest BCUT2D eigenvalue weighted by Crippen LogP contribution is -2.55. The normalized spacial score (nSPS) is 14.2. The molecule has 3 unspecified atom stereocenters. The van der Waals surface area contributed by atoms with Gasteiger partial charge in [-0.3, -0.25) is 9.59 Å². The molecule has 0 spiro atoms. The molecule has 0 saturated heterocycles. The predicted molar refractivity (Wildman–Crippen MR) is 135 cm³/mol. The average molecular weight is 513 g/mol. The summed E-state index contributed by atoms with van der Waals surface area (Å²) in [5.74, 6) is -1.94. The molecule has 0 aliphatic carbocycles. The Bertz CT molecular complexity index is 867. The van der Waals surface area contributed by atoms with Gasteiger partial charge < -0.3 is 26.0 Å². The highest BCUT2D eigenvalue weighted by molar-refractivity contribution is 5.89. The van der Waals surface area contributed by atoms with Gasteiger partial charge >= 0.3 is 6.09 Å². The summed E-state index contributed by atoms with van der Waals surface area (Å²) in [5.41, 5.74) is -0.392. The average Bonchev–Trinajstić information content (AvgIpc) is 2.71. The molecule has 0 fully saturated rings. The number of alkyl carbamates (subject to hydrolysis) is 1. The summed E-state index contributed by atoms with van der Waals surface area (Å²) in [6, 6.07) is 1.10. The van der Waals surface area contributed by atoms with E-state index in [0.29, 0.717) is 12.1 Å². The molecule has 4 N–H and O–H groups in total. The van der Waals surface area contributed by atoms with E-state index in [1.54, 1.807) is 27.7 Å². The molecule has 3 atom stereocenters. The van der Waals surface area contributed by atoms with E-state index in [0.717, 1.165) is 6.07 Å². The zero-order valence-electron chi connectivity index (χ0n) is 22.6. The van der Waals surface area contributed by atoms with Crippen LogP contribution in [0, 0.1) is 23.5 Å². The summed E-state index contributed by atoms with van der Waals surface area (Å²) in [7, 11) is 0. The van der Waals surface area contributed by atoms with Crippen molar-refractivity contribution in [2.24, 2.45) is 11.8 Å². The van der Waals surface area contributed by atoms with Gasteiger partial charge in [0.1, 0.15) is 23.3 Å². The van der Waals surface area contributed by atoms with E-state index >= 15 is 0 Å². The monoisotopic (exact) mass is 512 g/mol. The first-order chi connectivity index (χ1) is 16.6. The molecular formula is C26H42F2N4O4. The van der Waals surface area contributed by atoms with E-state index in [4.69, 9.17) is 4.74 Å². The van der Waals surface area contributed by atoms with Crippen LogP contribution in [0.1, 0.15) is 61.0 Å². The molecule has 36 heavy (non-hydrogen) atoms. The summed E-state index contributed by atoms with van der Waals surface area (Å²) in [4.78, 5) is 37.7. The van der Waals surface area contributed by atoms with Crippen LogP contribution in [0.25, 0.3) is 0 Å². The van der Waals surface area contributed by atoms with Gasteiger partial charge in [-0.15, -0.1) is 0 Å². The molecule has 3 amide bonds. The first-order valence-electron chi connectivity index (χ1n) is 12.3. The minimum atomic E-state index is -0.734. The van der Waals surface area contributed by atoms with E-state index in [9.17, 15) is 23.2 Å². The van der Waals surface area contributed by atoms with Gasteiger partial charge in [-0.25, -0.2) is 13.6 Å². The topological polar surface area (TPSA) is 109 Å². The molecule has 0 saturated carbocycles. The Kier molecular flexibility index (Phi) is 12.3. The van der Waals surface area contributed by atoms with Crippen molar-refractivity contribution in [1.82, 2.24) is 21.3 Å². The molecule has 10 heteroatoms. The maximum Gasteiger partial charge on any atom is 0.407 e. The molecule has 204 valence electrons. The Morgan fingerprint density at radius 3 is 1.97 bits per heavy atom. The number of ether oxygens (including phenoxy) is 1. The van der Waals surface area contributed by atoms with E-state index in [-0.39, 0.29) is 36.6 Å². The quantitative estimate of drug-likeness (QED) is 0.344. The van der Waals surface area contributed by atoms with E-state index in [1.807, 2.05) is 27.7 Å². The van der Waals surface area contributed by atoms with Crippen molar-refractivity contribution in [3.63, 3.8) is 0 Å². The van der Waals surface area contributed by atoms with Gasteiger partial charge in [-0.05, 0) is 63.6 Å². The van der Waals surface area contributed by atoms with Gasteiger partial charge in [0.25, 0.3) is 0 Å². The third-order valence-electron chi connectivity index (χ3n) is 5.12. The van der Waals surface area contributed by atoms with Gasteiger partial charge in [-0.1, -0.05) is 27.7 Å². The fourth-order valence-electron chi connectivity index (χ4n) is 3.30. The first kappa shape index (κ1) is 31.3. The lowest BCUT2D eigenvalue weighted by atomic mass is 10.0. The molecule has 0 bridgehead atoms. The van der Waals surface area contributed by atoms with E-state index in [1.165, 1.54) is 12.1 Å². The van der Waals surface area contributed by atoms with Crippen LogP contribution in [0.4, 0.5) is 13.6 Å². The number of benzene rings is 1. The number of amides is 3. The second kappa shape index (κ2) is 14.1. The van der Waals surface area contributed by atoms with Gasteiger partial charge in [-0.2, -0.15) is 0 Å². The highest BCUT2D eigenvalue weighted by atomic mass is 19.1. The van der Waals surface area contributed by atoms with Crippen molar-refractivity contribution in [2.45, 2.75) is 85.5 Å². The summed E-state index contributed by atoms with van der Waals surface area (Å²) in [5, 5.41) is 11.3. The second-order valence-electron chi connectivity index (χ2n) is 10.8. The highest BCUT2D eigenvalue weighted by Gasteiger charge is 2.27. The molecular weight excluding hydrogens is 470 g/mol. The van der Waals surface area contributed by atoms with Crippen molar-refractivity contribution in [1.29, 1.82) is 0 Å². The number of hydrogen-bond donors (Lipinski definition) is 4. The Morgan fingerprint density at radius 2 is 1.47 bits per heavy atom. The van der Waals surface area contributed by atoms with Crippen LogP contribution >= 0.6 is 0 Å². The fourth-order valence-corrected chi connectivity index (χ4v) is 3.30. The molecule has 1 rings (SSSR count). The zero-order chi connectivity index (χ0) is 27.6. The summed E-state index contributed by atoms with van der Waals surface area (Å²) < 4.78 is 32.7. The van der Waals surface area contributed by atoms with Crippen LogP contribution in [0.5, 0.6) is 0 Å². The van der Waals surface area contributed by atoms with Crippen LogP contribution in [0.15, 0.2) is 18.2 Å². The van der Waals surface area contributed by atoms with Crippen molar-refractivity contribution in [3.8, 4) is 0 Å². The van der Waals surface area contributed by atoms with Crippen LogP contribution < -0.4 is 21.3 Å². The summed E-state index contributed by atoms with van der Waals surface area (Å²) in [6.07, 6.45) is -0.591. The standard InChI is InChI=1S/C26H42F2N4O4/c1-15(2)13-30-24(34)22(16(3)4)32-23(33)17(5)29-14-21(31-25(35)36-26(6,7)8)11-18-9-19(27)12-20(28)10-18/h9-10,12,15-17,21-22,29H,11,13-14H2,1-8H3,(H,30,34)(H,31,35)(H,32,33). The van der Waals surface area contributed by atoms with Gasteiger partial charge in [0.15, 0.2) is 0 Å². The molecule has 1 aromatic rings. The lowest BCUT2D eigenvalue weighted by molar-refractivity contribution is -0.131. The fraction of sp³-hybridized carbons (Fsp3) is 0.654. The number of carbonyl (C=O) groups excluding carboxylic acids is 3. The largest absolute Gasteiger partial charge is 0.444 e. The summed E-state index contributed by atoms with van der Waals surface area (Å²) >= 11 is 0. The molecule has 8 nitrogen and oxygen atoms in total. The number of halogens is 2. The Balaban J connectivity index is 2.86. The number of nitrogens with one attached hydrogen (secondary N) is 4. The Hall–Kier alpha value is -2.75. The summed E-state index contributed by atoms with van der Waals surface area (Å²) in [6.45, 7) is 15.1. The third kappa shape index (κ3) is 12.3. The SMILES string of the molecule is CC(C)CNC(=O)C(NC(=O)C(C)NCC(Cc1cc(F)cc(F)c1)NC(=O)OC(C)(C)C)C(C)C. The second-order valence-corrected chi connectivity index (χ2v) is 10.8. The van der Waals surface area contributed by atoms with E-state index in [2.05, 4.69) is 21.3 Å². The lowest BCUT2D eigenvalue weighted by Gasteiger charge is -2.26. The highest BCUT2D eigenvalue weighted by Crippen LogP contribution is 2.12. The minimum absolute atomic E-state index is 0.0987. The molecule has 1 aromatic carbocycles. The van der Waals surface area contributed by atoms with Crippen LogP contribution in [0.2, 0.25) is 0 Å². The van der Waals surface area contributed by atoms with Crippen LogP contribution in [-0.4, -0.2) is 54.7 Å².